The standard InChI is InChI=1S/C69H100O49/c70-8-24-34(81)35(82)44(91)62(102-24)111-54-26(10-72)104-64(46(93)37(54)84)113-56-28(12-74)106-66(48(95)39(56)86)115-58-30(14-76)108-68(50(97)41(58)88)117-60-32(16-78)110-69(52(99)43(60)90)118-59-31(15-77)109-67(51(98)42(59)89)116-57-29(13-75)107-65(49(96)40(57)87)114-55-27(11-73)105-63(47(94)38(55)85)112-53-25(9-71)103-61(45(92)36(53)83)101-20-5-6-21-23(7-20)100-17-22(33(21)80)18-1-3-19(79)4-2-18/h1-7,17,24-32,34-79,81-99H,8-16H2/t24-,25-,26-,27-,28-,29-,30-,31-,32-,34-,35+,36-,37-,38-,39-,40-,41-,42-,43-,44-,45-,46-,47-,48-,49-,50-,51-,52-,53-,54-,55-,56-,57-,58-,59-,60-,61-,62+,63+,64+,65+,66+,67+,68+,69+/m1/s1. The number of hydrogen-bond acceptors (Lipinski definition) is 49. The molecule has 10 heterocycles. The monoisotopic (exact) mass is 1710 g/mol. The maximum atomic E-state index is 13.4. The third-order valence-corrected chi connectivity index (χ3v) is 21.9. The van der Waals surface area contributed by atoms with Crippen molar-refractivity contribution >= 4 is 11.0 Å². The average Bonchev–Trinajstić information content (AvgIpc) is 0.773. The van der Waals surface area contributed by atoms with Crippen molar-refractivity contribution in [3.63, 3.8) is 0 Å². The first-order valence-corrected chi connectivity index (χ1v) is 37.3. The van der Waals surface area contributed by atoms with E-state index in [0.29, 0.717) is 5.56 Å². The van der Waals surface area contributed by atoms with Crippen LogP contribution in [-0.2, 0) is 80.5 Å². The van der Waals surface area contributed by atoms with Crippen LogP contribution in [0.5, 0.6) is 11.5 Å². The van der Waals surface area contributed by atoms with Gasteiger partial charge >= 0.3 is 0 Å². The fourth-order valence-corrected chi connectivity index (χ4v) is 15.2. The Labute approximate surface area is 664 Å². The summed E-state index contributed by atoms with van der Waals surface area (Å²) < 4.78 is 108. The first-order chi connectivity index (χ1) is 56.3. The van der Waals surface area contributed by atoms with Gasteiger partial charge in [0.15, 0.2) is 55.7 Å². The predicted octanol–water partition coefficient (Wildman–Crippen LogP) is -17.1. The van der Waals surface area contributed by atoms with Gasteiger partial charge in [0.25, 0.3) is 0 Å². The number of rotatable bonds is 28. The van der Waals surface area contributed by atoms with Gasteiger partial charge in [0.05, 0.1) is 70.4 Å². The molecule has 0 spiro atoms. The van der Waals surface area contributed by atoms with Crippen LogP contribution in [0.15, 0.2) is 57.9 Å². The Morgan fingerprint density at radius 1 is 0.263 bits per heavy atom. The highest BCUT2D eigenvalue weighted by Crippen LogP contribution is 2.41. The number of phenols is 1. The van der Waals surface area contributed by atoms with E-state index in [1.165, 1.54) is 48.7 Å². The van der Waals surface area contributed by atoms with Crippen molar-refractivity contribution < 1.29 is 238 Å². The van der Waals surface area contributed by atoms with E-state index in [1.807, 2.05) is 0 Å². The Morgan fingerprint density at radius 3 is 0.746 bits per heavy atom. The Bertz CT molecular complexity index is 3670. The molecule has 49 heteroatoms. The number of aromatic hydroxyl groups is 1. The largest absolute Gasteiger partial charge is 0.508 e. The zero-order valence-electron chi connectivity index (χ0n) is 61.6. The summed E-state index contributed by atoms with van der Waals surface area (Å²) in [5, 5.41) is 316. The maximum absolute atomic E-state index is 13.4. The lowest BCUT2D eigenvalue weighted by Crippen LogP contribution is -2.68. The second-order valence-electron chi connectivity index (χ2n) is 29.5. The van der Waals surface area contributed by atoms with Gasteiger partial charge in [0.1, 0.15) is 243 Å². The van der Waals surface area contributed by atoms with E-state index in [-0.39, 0.29) is 28.0 Å². The first-order valence-electron chi connectivity index (χ1n) is 37.3. The normalized spacial score (nSPS) is 47.2. The third kappa shape index (κ3) is 18.7. The van der Waals surface area contributed by atoms with E-state index >= 15 is 0 Å². The Morgan fingerprint density at radius 2 is 0.492 bits per heavy atom. The molecule has 1 aromatic heterocycles. The molecular formula is C69H100O49. The lowest BCUT2D eigenvalue weighted by atomic mass is 9.95. The van der Waals surface area contributed by atoms with Crippen molar-refractivity contribution in [3.8, 4) is 22.6 Å². The molecule has 0 amide bonds. The topological polar surface area (TPSA) is 783 Å². The van der Waals surface area contributed by atoms with Crippen LogP contribution < -0.4 is 10.2 Å². The summed E-state index contributed by atoms with van der Waals surface area (Å²) in [5.74, 6) is -0.0696. The minimum absolute atomic E-state index is 0.0257. The van der Waals surface area contributed by atoms with Crippen molar-refractivity contribution in [2.24, 2.45) is 0 Å². The van der Waals surface area contributed by atoms with E-state index in [0.717, 1.165) is 0 Å². The number of hydrogen-bond donors (Lipinski definition) is 29. The summed E-state index contributed by atoms with van der Waals surface area (Å²) in [6.45, 7) is -9.47. The van der Waals surface area contributed by atoms with Crippen molar-refractivity contribution in [1.82, 2.24) is 0 Å². The van der Waals surface area contributed by atoms with Gasteiger partial charge in [-0.05, 0) is 29.8 Å². The third-order valence-electron chi connectivity index (χ3n) is 21.9. The van der Waals surface area contributed by atoms with Crippen LogP contribution in [0.2, 0.25) is 0 Å². The molecule has 49 nitrogen and oxygen atoms in total. The molecule has 670 valence electrons. The lowest BCUT2D eigenvalue weighted by molar-refractivity contribution is -0.400. The molecule has 2 aromatic carbocycles. The summed E-state index contributed by atoms with van der Waals surface area (Å²) in [6.07, 6.45) is -89.2. The highest BCUT2D eigenvalue weighted by atomic mass is 16.8. The second kappa shape index (κ2) is 39.8. The van der Waals surface area contributed by atoms with E-state index in [9.17, 15) is 153 Å². The highest BCUT2D eigenvalue weighted by molar-refractivity contribution is 5.82. The molecule has 12 rings (SSSR count). The molecule has 118 heavy (non-hydrogen) atoms. The van der Waals surface area contributed by atoms with Gasteiger partial charge in [-0.2, -0.15) is 0 Å². The van der Waals surface area contributed by atoms with Gasteiger partial charge in [0.2, 0.25) is 6.29 Å². The summed E-state index contributed by atoms with van der Waals surface area (Å²) in [6, 6.07) is 9.78. The van der Waals surface area contributed by atoms with Gasteiger partial charge in [-0.1, -0.05) is 12.1 Å². The lowest BCUT2D eigenvalue weighted by Gasteiger charge is -2.50. The van der Waals surface area contributed by atoms with Crippen LogP contribution in [0.1, 0.15) is 0 Å². The van der Waals surface area contributed by atoms with Gasteiger partial charge in [-0.25, -0.2) is 0 Å². The summed E-state index contributed by atoms with van der Waals surface area (Å²) in [7, 11) is 0. The van der Waals surface area contributed by atoms with E-state index in [2.05, 4.69) is 0 Å². The van der Waals surface area contributed by atoms with Crippen molar-refractivity contribution in [2.45, 2.75) is 276 Å². The number of benzene rings is 2. The summed E-state index contributed by atoms with van der Waals surface area (Å²) in [4.78, 5) is 13.4. The molecule has 9 saturated heterocycles. The van der Waals surface area contributed by atoms with Gasteiger partial charge in [-0.15, -0.1) is 0 Å². The second-order valence-corrected chi connectivity index (χ2v) is 29.5. The minimum atomic E-state index is -2.32. The Hall–Kier alpha value is -4.55. The van der Waals surface area contributed by atoms with Crippen molar-refractivity contribution in [2.75, 3.05) is 59.5 Å². The minimum Gasteiger partial charge on any atom is -0.508 e. The van der Waals surface area contributed by atoms with E-state index in [1.54, 1.807) is 0 Å². The van der Waals surface area contributed by atoms with Crippen LogP contribution >= 0.6 is 0 Å². The highest BCUT2D eigenvalue weighted by Gasteiger charge is 2.61. The zero-order chi connectivity index (χ0) is 85.5. The summed E-state index contributed by atoms with van der Waals surface area (Å²) >= 11 is 0. The molecular weight excluding hydrogens is 1610 g/mol. The fraction of sp³-hybridized carbons (Fsp3) is 0.783. The molecule has 29 N–H and O–H groups in total. The van der Waals surface area contributed by atoms with Crippen molar-refractivity contribution in [1.29, 1.82) is 0 Å². The number of phenolic OH excluding ortho intramolecular Hbond substituents is 1. The number of fused-ring (bicyclic) bond motifs is 1. The Kier molecular flexibility index (Phi) is 31.2. The molecule has 0 saturated carbocycles. The number of ether oxygens (including phenoxy) is 18. The molecule has 9 aliphatic heterocycles. The molecule has 9 fully saturated rings. The molecule has 0 bridgehead atoms. The van der Waals surface area contributed by atoms with Gasteiger partial charge in [-0.3, -0.25) is 4.79 Å². The molecule has 0 radical (unpaired) electrons. The smallest absolute Gasteiger partial charge is 0.229 e. The fourth-order valence-electron chi connectivity index (χ4n) is 15.2. The van der Waals surface area contributed by atoms with E-state index in [4.69, 9.17) is 89.7 Å². The Balaban J connectivity index is 0.613. The van der Waals surface area contributed by atoms with Gasteiger partial charge < -0.3 is 238 Å². The molecule has 9 aliphatic rings. The maximum Gasteiger partial charge on any atom is 0.229 e. The van der Waals surface area contributed by atoms with Gasteiger partial charge in [0, 0.05) is 6.07 Å². The van der Waals surface area contributed by atoms with Crippen LogP contribution in [0.25, 0.3) is 22.1 Å². The van der Waals surface area contributed by atoms with E-state index < -0.39 is 341 Å². The quantitative estimate of drug-likeness (QED) is 0.0321. The number of aliphatic hydroxyl groups is 28. The zero-order valence-corrected chi connectivity index (χ0v) is 61.6. The average molecular weight is 1710 g/mol. The van der Waals surface area contributed by atoms with Crippen LogP contribution in [0.3, 0.4) is 0 Å². The number of aliphatic hydroxyl groups excluding tert-OH is 28. The van der Waals surface area contributed by atoms with Crippen LogP contribution in [-0.4, -0.2) is 484 Å². The molecule has 3 aromatic rings. The SMILES string of the molecule is O=c1c(-c2ccc(O)cc2)coc2cc(O[C@@H]3O[C@H](CO)[C@@H](O[C@@H]4O[C@H](CO)[C@@H](O[C@@H]5O[C@H](CO)[C@@H](O[C@@H]6O[C@H](CO)[C@@H](O[C@@H]7O[C@H](CO)[C@@H](O[C@@H]8O[C@H](CO)[C@@H](O[C@@H]9O[C@H](CO)[C@@H](O[C@@H]%10O[C@H](CO)[C@@H](O[C@@H]%11O[C@H](CO)[C@@H](O)[C@H](O)[C@H]%11O)[C@H](O)[C@H]%10O)[C@H](O)[C@H]9O)[C@H](O)[C@H]8O)[C@H](O)[C@H]7O)[C@H](O)[C@H]6O)[C@H](O)[C@H]5O)[C@H](O)[C@H]4O)[C@H](O)[C@H]3O)ccc12. The predicted molar refractivity (Wildman–Crippen MR) is 365 cm³/mol. The van der Waals surface area contributed by atoms with Crippen molar-refractivity contribution in [3.05, 3.63) is 59.0 Å². The van der Waals surface area contributed by atoms with Crippen LogP contribution in [0.4, 0.5) is 0 Å². The summed E-state index contributed by atoms with van der Waals surface area (Å²) in [5.41, 5.74) is 0.232. The van der Waals surface area contributed by atoms with Crippen LogP contribution in [0, 0.1) is 0 Å². The molecule has 0 unspecified atom stereocenters. The molecule has 0 aliphatic carbocycles. The first kappa shape index (κ1) is 92.6. The molecule has 45 atom stereocenters.